The van der Waals surface area contributed by atoms with Crippen LogP contribution >= 0.6 is 11.8 Å². The summed E-state index contributed by atoms with van der Waals surface area (Å²) < 4.78 is 18.9. The highest BCUT2D eigenvalue weighted by Gasteiger charge is 2.20. The number of carbonyl (C=O) groups excluding carboxylic acids is 1. The number of methoxy groups -OCH3 is 3. The number of fused-ring (bicyclic) bond motifs is 1. The zero-order chi connectivity index (χ0) is 24.2. The van der Waals surface area contributed by atoms with Crippen LogP contribution in [0.5, 0.6) is 17.2 Å². The van der Waals surface area contributed by atoms with Crippen molar-refractivity contribution >= 4 is 29.0 Å². The second-order valence-corrected chi connectivity index (χ2v) is 8.48. The second-order valence-electron chi connectivity index (χ2n) is 7.17. The molecule has 2 aromatic heterocycles. The van der Waals surface area contributed by atoms with Crippen LogP contribution in [0.25, 0.3) is 11.3 Å². The minimum Gasteiger partial charge on any atom is -0.497 e. The van der Waals surface area contributed by atoms with Gasteiger partial charge in [-0.2, -0.15) is 0 Å². The molecule has 0 spiro atoms. The Bertz CT molecular complexity index is 1380. The molecule has 0 bridgehead atoms. The highest BCUT2D eigenvalue weighted by molar-refractivity contribution is 8.00. The number of carbonyl (C=O) groups is 1. The first kappa shape index (κ1) is 23.2. The van der Waals surface area contributed by atoms with Gasteiger partial charge in [-0.25, -0.2) is 0 Å². The van der Waals surface area contributed by atoms with Gasteiger partial charge in [-0.15, -0.1) is 10.2 Å². The van der Waals surface area contributed by atoms with Crippen LogP contribution in [0, 0.1) is 0 Å². The Hall–Kier alpha value is -3.99. The van der Waals surface area contributed by atoms with E-state index < -0.39 is 5.25 Å². The maximum Gasteiger partial charge on any atom is 0.300 e. The summed E-state index contributed by atoms with van der Waals surface area (Å²) in [7, 11) is 4.62. The SMILES string of the molecule is COc1cc(NC(=O)C(C)Sc2nnc3c(=O)n(-c4ccccc4OC)ccn23)cc(OC)c1. The van der Waals surface area contributed by atoms with Crippen molar-refractivity contribution in [2.75, 3.05) is 26.6 Å². The first-order chi connectivity index (χ1) is 16.4. The zero-order valence-electron chi connectivity index (χ0n) is 19.0. The molecule has 1 N–H and O–H groups in total. The van der Waals surface area contributed by atoms with Crippen LogP contribution in [-0.2, 0) is 4.79 Å². The first-order valence-electron chi connectivity index (χ1n) is 10.3. The number of nitrogens with one attached hydrogen (secondary N) is 1. The molecule has 0 aliphatic carbocycles. The molecule has 0 fully saturated rings. The quantitative estimate of drug-likeness (QED) is 0.383. The second kappa shape index (κ2) is 9.87. The highest BCUT2D eigenvalue weighted by atomic mass is 32.2. The maximum absolute atomic E-state index is 13.1. The van der Waals surface area contributed by atoms with Gasteiger partial charge in [0.25, 0.3) is 0 Å². The molecule has 11 heteroatoms. The summed E-state index contributed by atoms with van der Waals surface area (Å²) in [5.41, 5.74) is 0.920. The first-order valence-corrected chi connectivity index (χ1v) is 11.1. The molecule has 0 aliphatic heterocycles. The van der Waals surface area contributed by atoms with E-state index in [2.05, 4.69) is 15.5 Å². The minimum atomic E-state index is -0.527. The van der Waals surface area contributed by atoms with Crippen molar-refractivity contribution in [1.29, 1.82) is 0 Å². The third-order valence-electron chi connectivity index (χ3n) is 5.05. The summed E-state index contributed by atoms with van der Waals surface area (Å²) in [5.74, 6) is 1.43. The standard InChI is InChI=1S/C23H23N5O5S/c1-14(21(29)24-15-11-16(31-2)13-17(12-15)32-3)34-23-26-25-20-22(30)27(9-10-28(20)23)18-7-5-6-8-19(18)33-4/h5-14H,1-4H3,(H,24,29). The van der Waals surface area contributed by atoms with Gasteiger partial charge >= 0.3 is 5.56 Å². The smallest absolute Gasteiger partial charge is 0.300 e. The van der Waals surface area contributed by atoms with E-state index in [-0.39, 0.29) is 17.1 Å². The van der Waals surface area contributed by atoms with Crippen molar-refractivity contribution in [1.82, 2.24) is 19.2 Å². The number of ether oxygens (including phenoxy) is 3. The molecule has 1 atom stereocenters. The molecule has 0 aliphatic rings. The van der Waals surface area contributed by atoms with Crippen LogP contribution in [0.15, 0.2) is 64.8 Å². The fourth-order valence-corrected chi connectivity index (χ4v) is 4.13. The molecule has 0 radical (unpaired) electrons. The number of amides is 1. The summed E-state index contributed by atoms with van der Waals surface area (Å²) in [5, 5.41) is 10.9. The van der Waals surface area contributed by atoms with Gasteiger partial charge in [0, 0.05) is 36.3 Å². The summed E-state index contributed by atoms with van der Waals surface area (Å²) in [6.07, 6.45) is 3.30. The van der Waals surface area contributed by atoms with Crippen LogP contribution in [0.3, 0.4) is 0 Å². The molecule has 0 saturated heterocycles. The van der Waals surface area contributed by atoms with Crippen molar-refractivity contribution in [3.05, 3.63) is 65.2 Å². The van der Waals surface area contributed by atoms with E-state index in [0.29, 0.717) is 33.8 Å². The van der Waals surface area contributed by atoms with Crippen LogP contribution in [0.2, 0.25) is 0 Å². The van der Waals surface area contributed by atoms with Crippen molar-refractivity contribution in [3.63, 3.8) is 0 Å². The Kier molecular flexibility index (Phi) is 6.73. The monoisotopic (exact) mass is 481 g/mol. The molecular weight excluding hydrogens is 458 g/mol. The van der Waals surface area contributed by atoms with E-state index in [1.165, 1.54) is 30.5 Å². The van der Waals surface area contributed by atoms with Crippen molar-refractivity contribution in [2.45, 2.75) is 17.3 Å². The number of hydrogen-bond acceptors (Lipinski definition) is 8. The molecule has 1 amide bonds. The Morgan fingerprint density at radius 1 is 1.00 bits per heavy atom. The summed E-state index contributed by atoms with van der Waals surface area (Å²) in [6.45, 7) is 1.74. The molecule has 34 heavy (non-hydrogen) atoms. The molecule has 1 unspecified atom stereocenters. The molecule has 2 heterocycles. The van der Waals surface area contributed by atoms with Crippen LogP contribution < -0.4 is 25.1 Å². The van der Waals surface area contributed by atoms with Crippen LogP contribution in [0.1, 0.15) is 6.92 Å². The number of benzene rings is 2. The van der Waals surface area contributed by atoms with Gasteiger partial charge in [0.15, 0.2) is 5.16 Å². The molecule has 10 nitrogen and oxygen atoms in total. The molecule has 0 saturated carbocycles. The van der Waals surface area contributed by atoms with Crippen molar-refractivity contribution in [3.8, 4) is 22.9 Å². The lowest BCUT2D eigenvalue weighted by Crippen LogP contribution is -2.23. The zero-order valence-corrected chi connectivity index (χ0v) is 19.8. The van der Waals surface area contributed by atoms with Crippen LogP contribution in [0.4, 0.5) is 5.69 Å². The number of nitrogens with zero attached hydrogens (tertiary/aromatic N) is 4. The number of para-hydroxylation sites is 2. The van der Waals surface area contributed by atoms with Gasteiger partial charge in [0.1, 0.15) is 17.2 Å². The molecule has 2 aromatic carbocycles. The Morgan fingerprint density at radius 3 is 2.38 bits per heavy atom. The Labute approximate surface area is 199 Å². The van der Waals surface area contributed by atoms with Crippen LogP contribution in [-0.4, -0.2) is 51.7 Å². The van der Waals surface area contributed by atoms with Gasteiger partial charge in [-0.1, -0.05) is 23.9 Å². The van der Waals surface area contributed by atoms with Gasteiger partial charge in [0.05, 0.1) is 32.3 Å². The average molecular weight is 482 g/mol. The van der Waals surface area contributed by atoms with Gasteiger partial charge in [0.2, 0.25) is 11.6 Å². The fraction of sp³-hybridized carbons (Fsp3) is 0.217. The predicted molar refractivity (Wildman–Crippen MR) is 129 cm³/mol. The largest absolute Gasteiger partial charge is 0.497 e. The van der Waals surface area contributed by atoms with Gasteiger partial charge in [-0.3, -0.25) is 18.6 Å². The Balaban J connectivity index is 1.56. The van der Waals surface area contributed by atoms with E-state index >= 15 is 0 Å². The number of rotatable bonds is 8. The number of anilines is 1. The van der Waals surface area contributed by atoms with Gasteiger partial charge < -0.3 is 19.5 Å². The third kappa shape index (κ3) is 4.55. The molecule has 4 rings (SSSR count). The number of hydrogen-bond donors (Lipinski definition) is 1. The lowest BCUT2D eigenvalue weighted by atomic mass is 10.2. The van der Waals surface area contributed by atoms with E-state index in [1.54, 1.807) is 61.2 Å². The average Bonchev–Trinajstić information content (AvgIpc) is 3.27. The number of thioether (sulfide) groups is 1. The lowest BCUT2D eigenvalue weighted by molar-refractivity contribution is -0.115. The summed E-state index contributed by atoms with van der Waals surface area (Å²) in [6, 6.07) is 12.3. The van der Waals surface area contributed by atoms with E-state index in [4.69, 9.17) is 14.2 Å². The number of aromatic nitrogens is 4. The predicted octanol–water partition coefficient (Wildman–Crippen LogP) is 3.03. The lowest BCUT2D eigenvalue weighted by Gasteiger charge is -2.13. The summed E-state index contributed by atoms with van der Waals surface area (Å²) >= 11 is 1.19. The van der Waals surface area contributed by atoms with E-state index in [0.717, 1.165) is 0 Å². The van der Waals surface area contributed by atoms with Gasteiger partial charge in [-0.05, 0) is 19.1 Å². The maximum atomic E-state index is 13.1. The van der Waals surface area contributed by atoms with Crippen molar-refractivity contribution < 1.29 is 19.0 Å². The normalized spacial score (nSPS) is 11.8. The summed E-state index contributed by atoms with van der Waals surface area (Å²) in [4.78, 5) is 25.9. The third-order valence-corrected chi connectivity index (χ3v) is 6.11. The topological polar surface area (TPSA) is 109 Å². The van der Waals surface area contributed by atoms with E-state index in [1.807, 2.05) is 12.1 Å². The fourth-order valence-electron chi connectivity index (χ4n) is 3.30. The Morgan fingerprint density at radius 2 is 1.71 bits per heavy atom. The highest BCUT2D eigenvalue weighted by Crippen LogP contribution is 2.28. The van der Waals surface area contributed by atoms with E-state index in [9.17, 15) is 9.59 Å². The molecular formula is C23H23N5O5S. The van der Waals surface area contributed by atoms with Crippen molar-refractivity contribution in [2.24, 2.45) is 0 Å². The molecule has 4 aromatic rings. The minimum absolute atomic E-state index is 0.140. The molecule has 176 valence electrons.